The molecule has 34 heavy (non-hydrogen) atoms. The number of aromatic amines is 1. The van der Waals surface area contributed by atoms with Crippen molar-refractivity contribution in [2.45, 2.75) is 50.6 Å². The smallest absolute Gasteiger partial charge is 0.292 e. The van der Waals surface area contributed by atoms with Gasteiger partial charge in [-0.1, -0.05) is 0 Å². The standard InChI is InChI=1S/C22H24N10O2/c1-11(33)17-18(28-21-16(8-27-32(21)19(17)23)13-7-26-30(2)9-13)12-5-14-3-4-15(6-12)31(14)22(34)20-24-10-25-29-20/h7-10,12,14-15H,3-6,23H2,1-2H3,(H,24,25,29)/t12-,14-,15+. The number of hydrogen-bond acceptors (Lipinski definition) is 8. The van der Waals surface area contributed by atoms with E-state index in [-0.39, 0.29) is 41.3 Å². The number of anilines is 1. The Hall–Kier alpha value is -4.09. The van der Waals surface area contributed by atoms with Gasteiger partial charge in [-0.3, -0.25) is 14.3 Å². The number of hydrogen-bond donors (Lipinski definition) is 2. The zero-order chi connectivity index (χ0) is 23.6. The van der Waals surface area contributed by atoms with Crippen LogP contribution < -0.4 is 5.73 Å². The van der Waals surface area contributed by atoms with Crippen molar-refractivity contribution in [2.75, 3.05) is 5.73 Å². The minimum Gasteiger partial charge on any atom is -0.383 e. The van der Waals surface area contributed by atoms with Crippen molar-refractivity contribution in [1.29, 1.82) is 0 Å². The number of nitrogen functional groups attached to an aromatic ring is 1. The number of nitrogens with one attached hydrogen (secondary N) is 1. The molecule has 1 amide bonds. The zero-order valence-electron chi connectivity index (χ0n) is 18.8. The van der Waals surface area contributed by atoms with Crippen LogP contribution in [0.15, 0.2) is 24.9 Å². The summed E-state index contributed by atoms with van der Waals surface area (Å²) in [5.74, 6) is 0.263. The van der Waals surface area contributed by atoms with E-state index in [9.17, 15) is 9.59 Å². The number of Topliss-reactive ketones (excluding diaryl/α,β-unsaturated/α-hetero) is 1. The number of amides is 1. The summed E-state index contributed by atoms with van der Waals surface area (Å²) in [4.78, 5) is 35.4. The number of piperidine rings is 1. The van der Waals surface area contributed by atoms with Crippen molar-refractivity contribution in [3.63, 3.8) is 0 Å². The quantitative estimate of drug-likeness (QED) is 0.435. The number of nitrogens with two attached hydrogens (primary N) is 1. The largest absolute Gasteiger partial charge is 0.383 e. The number of aryl methyl sites for hydroxylation is 1. The van der Waals surface area contributed by atoms with E-state index < -0.39 is 0 Å². The molecule has 2 aliphatic heterocycles. The lowest BCUT2D eigenvalue weighted by molar-refractivity contribution is 0.0556. The predicted octanol–water partition coefficient (Wildman–Crippen LogP) is 1.58. The van der Waals surface area contributed by atoms with Gasteiger partial charge in [-0.2, -0.15) is 14.7 Å². The molecule has 0 aromatic carbocycles. The van der Waals surface area contributed by atoms with Gasteiger partial charge in [0.15, 0.2) is 11.4 Å². The van der Waals surface area contributed by atoms with Gasteiger partial charge in [-0.15, -0.1) is 10.2 Å². The highest BCUT2D eigenvalue weighted by atomic mass is 16.2. The maximum absolute atomic E-state index is 13.0. The maximum atomic E-state index is 13.0. The first-order valence-electron chi connectivity index (χ1n) is 11.3. The van der Waals surface area contributed by atoms with Gasteiger partial charge in [0, 0.05) is 42.4 Å². The zero-order valence-corrected chi connectivity index (χ0v) is 18.8. The van der Waals surface area contributed by atoms with E-state index in [1.807, 2.05) is 18.1 Å². The maximum Gasteiger partial charge on any atom is 0.292 e. The number of nitrogens with zero attached hydrogens (tertiary/aromatic N) is 8. The third kappa shape index (κ3) is 3.01. The Bertz CT molecular complexity index is 1410. The average Bonchev–Trinajstić information content (AvgIpc) is 3.59. The molecular weight excluding hydrogens is 436 g/mol. The van der Waals surface area contributed by atoms with Crippen LogP contribution in [-0.2, 0) is 7.05 Å². The van der Waals surface area contributed by atoms with Gasteiger partial charge < -0.3 is 15.6 Å². The van der Waals surface area contributed by atoms with E-state index >= 15 is 0 Å². The molecule has 2 fully saturated rings. The first kappa shape index (κ1) is 20.5. The van der Waals surface area contributed by atoms with Crippen LogP contribution in [0.4, 0.5) is 5.82 Å². The fourth-order valence-electron chi connectivity index (χ4n) is 5.62. The molecule has 4 aromatic rings. The lowest BCUT2D eigenvalue weighted by atomic mass is 9.85. The third-order valence-electron chi connectivity index (χ3n) is 7.05. The molecule has 3 atom stereocenters. The Morgan fingerprint density at radius 2 is 1.91 bits per heavy atom. The summed E-state index contributed by atoms with van der Waals surface area (Å²) >= 11 is 0. The Kier molecular flexibility index (Phi) is 4.51. The molecule has 0 aliphatic carbocycles. The molecule has 0 saturated carbocycles. The number of ketones is 1. The highest BCUT2D eigenvalue weighted by Gasteiger charge is 2.45. The number of H-pyrrole nitrogens is 1. The van der Waals surface area contributed by atoms with E-state index in [0.717, 1.165) is 24.0 Å². The fraction of sp³-hybridized carbons (Fsp3) is 0.409. The van der Waals surface area contributed by atoms with Gasteiger partial charge in [0.05, 0.1) is 23.7 Å². The van der Waals surface area contributed by atoms with Crippen LogP contribution in [0, 0.1) is 0 Å². The second-order valence-corrected chi connectivity index (χ2v) is 9.11. The van der Waals surface area contributed by atoms with Crippen LogP contribution in [0.3, 0.4) is 0 Å². The number of fused-ring (bicyclic) bond motifs is 3. The van der Waals surface area contributed by atoms with E-state index in [2.05, 4.69) is 25.4 Å². The summed E-state index contributed by atoms with van der Waals surface area (Å²) in [5, 5.41) is 16.3. The topological polar surface area (TPSA) is 153 Å². The van der Waals surface area contributed by atoms with Gasteiger partial charge in [-0.25, -0.2) is 4.98 Å². The molecule has 2 bridgehead atoms. The highest BCUT2D eigenvalue weighted by molar-refractivity contribution is 6.00. The lowest BCUT2D eigenvalue weighted by Crippen LogP contribution is -2.46. The Labute approximate surface area is 194 Å². The molecule has 3 N–H and O–H groups in total. The normalized spacial score (nSPS) is 21.9. The Balaban J connectivity index is 1.42. The van der Waals surface area contributed by atoms with Gasteiger partial charge in [0.2, 0.25) is 5.82 Å². The molecule has 6 rings (SSSR count). The van der Waals surface area contributed by atoms with Gasteiger partial charge in [-0.05, 0) is 32.6 Å². The van der Waals surface area contributed by atoms with Crippen molar-refractivity contribution in [2.24, 2.45) is 7.05 Å². The number of carbonyl (C=O) groups is 2. The van der Waals surface area contributed by atoms with Crippen molar-refractivity contribution in [3.8, 4) is 11.1 Å². The fourth-order valence-corrected chi connectivity index (χ4v) is 5.62. The van der Waals surface area contributed by atoms with Crippen molar-refractivity contribution in [1.82, 2.24) is 44.5 Å². The molecule has 4 aromatic heterocycles. The van der Waals surface area contributed by atoms with E-state index in [1.165, 1.54) is 17.8 Å². The van der Waals surface area contributed by atoms with Gasteiger partial charge in [0.1, 0.15) is 12.1 Å². The third-order valence-corrected chi connectivity index (χ3v) is 7.05. The highest BCUT2D eigenvalue weighted by Crippen LogP contribution is 2.45. The van der Waals surface area contributed by atoms with Gasteiger partial charge in [0.25, 0.3) is 5.91 Å². The molecule has 6 heterocycles. The monoisotopic (exact) mass is 460 g/mol. The summed E-state index contributed by atoms with van der Waals surface area (Å²) < 4.78 is 3.24. The van der Waals surface area contributed by atoms with Gasteiger partial charge >= 0.3 is 0 Å². The SMILES string of the molecule is CC(=O)c1c([C@@H]2C[C@H]3CC[C@@H](C2)N3C(=O)c2nnc[nH]2)nc2c(-c3cnn(C)c3)cnn2c1N. The Morgan fingerprint density at radius 1 is 1.15 bits per heavy atom. The first-order chi connectivity index (χ1) is 16.4. The van der Waals surface area contributed by atoms with E-state index in [1.54, 1.807) is 17.1 Å². The van der Waals surface area contributed by atoms with Crippen molar-refractivity contribution >= 4 is 23.2 Å². The van der Waals surface area contributed by atoms with Crippen LogP contribution in [0.2, 0.25) is 0 Å². The summed E-state index contributed by atoms with van der Waals surface area (Å²) in [7, 11) is 1.85. The van der Waals surface area contributed by atoms with Crippen LogP contribution in [0.5, 0.6) is 0 Å². The minimum absolute atomic E-state index is 0.000811. The van der Waals surface area contributed by atoms with E-state index in [0.29, 0.717) is 29.7 Å². The summed E-state index contributed by atoms with van der Waals surface area (Å²) in [6.07, 6.45) is 9.97. The van der Waals surface area contributed by atoms with Crippen LogP contribution in [-0.4, -0.2) is 68.2 Å². The molecular formula is C22H24N10O2. The minimum atomic E-state index is -0.146. The molecule has 0 radical (unpaired) electrons. The summed E-state index contributed by atoms with van der Waals surface area (Å²) in [6, 6.07) is 0.0891. The molecule has 12 nitrogen and oxygen atoms in total. The predicted molar refractivity (Wildman–Crippen MR) is 121 cm³/mol. The average molecular weight is 461 g/mol. The molecule has 0 unspecified atom stereocenters. The number of rotatable bonds is 4. The van der Waals surface area contributed by atoms with Crippen molar-refractivity contribution < 1.29 is 9.59 Å². The number of aromatic nitrogens is 8. The summed E-state index contributed by atoms with van der Waals surface area (Å²) in [5.41, 5.74) is 9.85. The second-order valence-electron chi connectivity index (χ2n) is 9.11. The molecule has 0 spiro atoms. The molecule has 2 aliphatic rings. The second kappa shape index (κ2) is 7.47. The van der Waals surface area contributed by atoms with Crippen LogP contribution in [0.25, 0.3) is 16.8 Å². The van der Waals surface area contributed by atoms with Crippen LogP contribution in [0.1, 0.15) is 65.2 Å². The number of carbonyl (C=O) groups excluding carboxylic acids is 2. The molecule has 12 heteroatoms. The van der Waals surface area contributed by atoms with Crippen molar-refractivity contribution in [3.05, 3.63) is 42.0 Å². The molecule has 2 saturated heterocycles. The van der Waals surface area contributed by atoms with Crippen LogP contribution >= 0.6 is 0 Å². The van der Waals surface area contributed by atoms with E-state index in [4.69, 9.17) is 10.7 Å². The lowest BCUT2D eigenvalue weighted by Gasteiger charge is -2.38. The first-order valence-corrected chi connectivity index (χ1v) is 11.3. The summed E-state index contributed by atoms with van der Waals surface area (Å²) in [6.45, 7) is 1.51. The Morgan fingerprint density at radius 3 is 2.53 bits per heavy atom. The molecule has 174 valence electrons.